The molecule has 9 nitrogen and oxygen atoms in total. The quantitative estimate of drug-likeness (QED) is 0.473. The largest absolute Gasteiger partial charge is 0.484 e. The molecule has 1 amide bonds. The summed E-state index contributed by atoms with van der Waals surface area (Å²) in [7, 11) is 0. The van der Waals surface area contributed by atoms with E-state index in [1.165, 1.54) is 0 Å². The summed E-state index contributed by atoms with van der Waals surface area (Å²) in [6.07, 6.45) is -3.45. The number of carbonyl (C=O) groups is 1. The van der Waals surface area contributed by atoms with Gasteiger partial charge < -0.3 is 24.3 Å². The summed E-state index contributed by atoms with van der Waals surface area (Å²) >= 11 is 0. The van der Waals surface area contributed by atoms with Crippen LogP contribution in [0.3, 0.4) is 0 Å². The van der Waals surface area contributed by atoms with Crippen LogP contribution in [0, 0.1) is 10.1 Å². The standard InChI is InChI=1S/C22H21F3N2O7/c23-22(24,25)12-32-15-2-3-17(27(29)30)16(10-15)20(28)26-11-21(5-7-31-8-6-21)14-1-4-18-19(9-14)34-13-33-18/h1-4,9-10H,5-8,11-13H2,(H,26,28). The number of rotatable bonds is 7. The van der Waals surface area contributed by atoms with E-state index in [2.05, 4.69) is 10.1 Å². The van der Waals surface area contributed by atoms with Crippen LogP contribution in [0.2, 0.25) is 0 Å². The zero-order chi connectivity index (χ0) is 24.3. The van der Waals surface area contributed by atoms with Crippen molar-refractivity contribution < 1.29 is 41.8 Å². The third-order valence-corrected chi connectivity index (χ3v) is 5.83. The summed E-state index contributed by atoms with van der Waals surface area (Å²) in [4.78, 5) is 23.6. The normalized spacial score (nSPS) is 16.7. The van der Waals surface area contributed by atoms with E-state index in [9.17, 15) is 28.1 Å². The molecule has 2 heterocycles. The van der Waals surface area contributed by atoms with Crippen molar-refractivity contribution in [2.75, 3.05) is 33.2 Å². The van der Waals surface area contributed by atoms with Crippen LogP contribution in [0.15, 0.2) is 36.4 Å². The fourth-order valence-electron chi connectivity index (χ4n) is 4.01. The first-order valence-electron chi connectivity index (χ1n) is 10.4. The summed E-state index contributed by atoms with van der Waals surface area (Å²) in [5.41, 5.74) is -0.579. The Balaban J connectivity index is 1.56. The van der Waals surface area contributed by atoms with E-state index >= 15 is 0 Å². The van der Waals surface area contributed by atoms with E-state index in [1.807, 2.05) is 12.1 Å². The molecule has 2 aliphatic heterocycles. The molecule has 34 heavy (non-hydrogen) atoms. The lowest BCUT2D eigenvalue weighted by Gasteiger charge is -2.38. The molecule has 0 atom stereocenters. The number of ether oxygens (including phenoxy) is 4. The summed E-state index contributed by atoms with van der Waals surface area (Å²) in [6.45, 7) is -0.447. The van der Waals surface area contributed by atoms with Crippen molar-refractivity contribution in [3.8, 4) is 17.2 Å². The van der Waals surface area contributed by atoms with E-state index in [1.54, 1.807) is 6.07 Å². The van der Waals surface area contributed by atoms with Crippen LogP contribution in [0.25, 0.3) is 0 Å². The fraction of sp³-hybridized carbons (Fsp3) is 0.409. The molecule has 0 saturated carbocycles. The molecule has 2 aromatic carbocycles. The second kappa shape index (κ2) is 9.37. The second-order valence-electron chi connectivity index (χ2n) is 7.98. The van der Waals surface area contributed by atoms with Crippen LogP contribution in [-0.4, -0.2) is 50.2 Å². The molecular formula is C22H21F3N2O7. The zero-order valence-corrected chi connectivity index (χ0v) is 17.9. The van der Waals surface area contributed by atoms with Crippen LogP contribution in [0.5, 0.6) is 17.2 Å². The smallest absolute Gasteiger partial charge is 0.422 e. The number of amides is 1. The van der Waals surface area contributed by atoms with E-state index in [4.69, 9.17) is 14.2 Å². The van der Waals surface area contributed by atoms with Crippen molar-refractivity contribution in [1.29, 1.82) is 0 Å². The van der Waals surface area contributed by atoms with Gasteiger partial charge in [-0.2, -0.15) is 13.2 Å². The highest BCUT2D eigenvalue weighted by Crippen LogP contribution is 2.40. The Hall–Kier alpha value is -3.54. The van der Waals surface area contributed by atoms with Gasteiger partial charge in [0.1, 0.15) is 11.3 Å². The average molecular weight is 482 g/mol. The maximum absolute atomic E-state index is 13.0. The third-order valence-electron chi connectivity index (χ3n) is 5.83. The SMILES string of the molecule is O=C(NCC1(c2ccc3c(c2)OCO3)CCOCC1)c1cc(OCC(F)(F)F)ccc1[N+](=O)[O-]. The molecular weight excluding hydrogens is 461 g/mol. The minimum atomic E-state index is -4.59. The molecule has 1 fully saturated rings. The van der Waals surface area contributed by atoms with Gasteiger partial charge in [0.15, 0.2) is 18.1 Å². The number of nitrogens with one attached hydrogen (secondary N) is 1. The Kier molecular flexibility index (Phi) is 6.51. The van der Waals surface area contributed by atoms with E-state index in [-0.39, 0.29) is 19.1 Å². The van der Waals surface area contributed by atoms with Crippen LogP contribution >= 0.6 is 0 Å². The summed E-state index contributed by atoms with van der Waals surface area (Å²) < 4.78 is 58.4. The molecule has 2 aliphatic rings. The molecule has 0 aromatic heterocycles. The Bertz CT molecular complexity index is 1080. The minimum Gasteiger partial charge on any atom is -0.484 e. The maximum atomic E-state index is 13.0. The molecule has 0 radical (unpaired) electrons. The Morgan fingerprint density at radius 2 is 1.85 bits per heavy atom. The monoisotopic (exact) mass is 482 g/mol. The third kappa shape index (κ3) is 5.16. The molecule has 182 valence electrons. The van der Waals surface area contributed by atoms with E-state index in [0.717, 1.165) is 23.8 Å². The van der Waals surface area contributed by atoms with E-state index in [0.29, 0.717) is 37.6 Å². The Morgan fingerprint density at radius 3 is 2.56 bits per heavy atom. The van der Waals surface area contributed by atoms with Gasteiger partial charge in [0.2, 0.25) is 6.79 Å². The highest BCUT2D eigenvalue weighted by atomic mass is 19.4. The first-order valence-corrected chi connectivity index (χ1v) is 10.4. The topological polar surface area (TPSA) is 109 Å². The van der Waals surface area contributed by atoms with Crippen molar-refractivity contribution in [3.05, 3.63) is 57.6 Å². The molecule has 2 aromatic rings. The number of fused-ring (bicyclic) bond motifs is 1. The minimum absolute atomic E-state index is 0.113. The van der Waals surface area contributed by atoms with Gasteiger partial charge in [0.05, 0.1) is 4.92 Å². The van der Waals surface area contributed by atoms with Gasteiger partial charge in [0, 0.05) is 31.2 Å². The highest BCUT2D eigenvalue weighted by Gasteiger charge is 2.37. The van der Waals surface area contributed by atoms with Crippen molar-refractivity contribution in [2.45, 2.75) is 24.4 Å². The highest BCUT2D eigenvalue weighted by molar-refractivity contribution is 5.98. The number of halogens is 3. The number of hydrogen-bond acceptors (Lipinski definition) is 7. The van der Waals surface area contributed by atoms with Crippen LogP contribution in [0.1, 0.15) is 28.8 Å². The number of nitrogens with zero attached hydrogens (tertiary/aromatic N) is 1. The molecule has 4 rings (SSSR count). The molecule has 0 spiro atoms. The summed E-state index contributed by atoms with van der Waals surface area (Å²) in [6, 6.07) is 8.41. The first-order chi connectivity index (χ1) is 16.2. The lowest BCUT2D eigenvalue weighted by atomic mass is 9.74. The summed E-state index contributed by atoms with van der Waals surface area (Å²) in [5, 5.41) is 14.1. The van der Waals surface area contributed by atoms with Gasteiger partial charge in [0.25, 0.3) is 11.6 Å². The number of nitro benzene ring substituents is 1. The van der Waals surface area contributed by atoms with Crippen molar-refractivity contribution in [1.82, 2.24) is 5.32 Å². The van der Waals surface area contributed by atoms with Crippen molar-refractivity contribution in [2.24, 2.45) is 0 Å². The second-order valence-corrected chi connectivity index (χ2v) is 7.98. The van der Waals surface area contributed by atoms with Gasteiger partial charge in [-0.25, -0.2) is 0 Å². The van der Waals surface area contributed by atoms with E-state index < -0.39 is 40.3 Å². The van der Waals surface area contributed by atoms with Crippen molar-refractivity contribution in [3.63, 3.8) is 0 Å². The van der Waals surface area contributed by atoms with Crippen LogP contribution in [0.4, 0.5) is 18.9 Å². The lowest BCUT2D eigenvalue weighted by Crippen LogP contribution is -2.44. The number of carbonyl (C=O) groups excluding carboxylic acids is 1. The molecule has 0 unspecified atom stereocenters. The van der Waals surface area contributed by atoms with Gasteiger partial charge in [-0.1, -0.05) is 6.07 Å². The maximum Gasteiger partial charge on any atom is 0.422 e. The fourth-order valence-corrected chi connectivity index (χ4v) is 4.01. The molecule has 0 aliphatic carbocycles. The predicted molar refractivity (Wildman–Crippen MR) is 111 cm³/mol. The number of benzene rings is 2. The Labute approximate surface area is 191 Å². The first kappa shape index (κ1) is 23.6. The van der Waals surface area contributed by atoms with Gasteiger partial charge in [-0.15, -0.1) is 0 Å². The predicted octanol–water partition coefficient (Wildman–Crippen LogP) is 3.74. The van der Waals surface area contributed by atoms with Gasteiger partial charge in [-0.05, 0) is 42.7 Å². The van der Waals surface area contributed by atoms with Crippen LogP contribution in [-0.2, 0) is 10.2 Å². The molecule has 1 saturated heterocycles. The number of alkyl halides is 3. The molecule has 12 heteroatoms. The number of hydrogen-bond donors (Lipinski definition) is 1. The Morgan fingerprint density at radius 1 is 1.12 bits per heavy atom. The number of nitro groups is 1. The van der Waals surface area contributed by atoms with Crippen molar-refractivity contribution >= 4 is 11.6 Å². The zero-order valence-electron chi connectivity index (χ0n) is 17.9. The molecule has 1 N–H and O–H groups in total. The average Bonchev–Trinajstić information content (AvgIpc) is 3.29. The summed E-state index contributed by atoms with van der Waals surface area (Å²) in [5.74, 6) is 0.0986. The molecule has 0 bridgehead atoms. The van der Waals surface area contributed by atoms with Crippen LogP contribution < -0.4 is 19.5 Å². The lowest BCUT2D eigenvalue weighted by molar-refractivity contribution is -0.385. The van der Waals surface area contributed by atoms with Gasteiger partial charge in [-0.3, -0.25) is 14.9 Å². The van der Waals surface area contributed by atoms with Gasteiger partial charge >= 0.3 is 6.18 Å².